The normalized spacial score (nSPS) is 11.7. The summed E-state index contributed by atoms with van der Waals surface area (Å²) in [6.07, 6.45) is 15.7. The SMILES string of the molecule is CC(=N)C(=O)CCC(=O)NCCCOCCOCCOCCCNC(=O)CCC(=O)NCCCOCCOCCOCCCNC(=O)CCC(NC(=O)CCCCCCCCCCCCCCCS(=O)(=O)O)C(=O)O. The maximum atomic E-state index is 12.4. The Morgan fingerprint density at radius 3 is 1.05 bits per heavy atom. The predicted molar refractivity (Wildman–Crippen MR) is 282 cm³/mol. The number of carbonyl (C=O) groups excluding carboxylic acids is 6. The minimum atomic E-state index is -3.85. The predicted octanol–water partition coefficient (Wildman–Crippen LogP) is 3.98. The molecular formula is C51H94N6O17S. The zero-order valence-electron chi connectivity index (χ0n) is 45.0. The van der Waals surface area contributed by atoms with Crippen LogP contribution in [0.15, 0.2) is 0 Å². The van der Waals surface area contributed by atoms with Crippen LogP contribution in [0.3, 0.4) is 0 Å². The first-order chi connectivity index (χ1) is 36.1. The van der Waals surface area contributed by atoms with Crippen LogP contribution >= 0.6 is 0 Å². The van der Waals surface area contributed by atoms with E-state index in [0.717, 1.165) is 70.6 Å². The van der Waals surface area contributed by atoms with E-state index in [1.54, 1.807) is 0 Å². The molecule has 0 aromatic heterocycles. The standard InChI is InChI=1S/C51H94N6O17S/c1-43(52)45(58)21-23-47(60)54-27-16-31-70-35-39-74-41-37-72-33-18-29-56-49(62)25-24-48(61)55-28-17-32-71-36-40-73-38-34-69-30-15-26-53-46(59)22-20-44(51(64)65)57-50(63)19-13-11-9-7-5-3-2-4-6-8-10-12-14-42-75(66,67)68/h44,52H,2-42H2,1H3,(H,53,59)(H,54,60)(H,55,61)(H,56,62)(H,57,63)(H,64,65)(H,66,67,68). The molecule has 8 N–H and O–H groups in total. The highest BCUT2D eigenvalue weighted by Gasteiger charge is 2.21. The van der Waals surface area contributed by atoms with Gasteiger partial charge in [-0.1, -0.05) is 70.6 Å². The number of hydrogen-bond donors (Lipinski definition) is 8. The molecule has 0 rings (SSSR count). The minimum absolute atomic E-state index is 0.00649. The fourth-order valence-corrected chi connectivity index (χ4v) is 7.57. The van der Waals surface area contributed by atoms with Crippen LogP contribution in [-0.4, -0.2) is 182 Å². The molecule has 436 valence electrons. The summed E-state index contributed by atoms with van der Waals surface area (Å²) in [7, 11) is -3.85. The van der Waals surface area contributed by atoms with E-state index >= 15 is 0 Å². The second-order valence-corrected chi connectivity index (χ2v) is 19.7. The first kappa shape index (κ1) is 70.8. The molecule has 0 saturated carbocycles. The number of hydrogen-bond acceptors (Lipinski definition) is 16. The summed E-state index contributed by atoms with van der Waals surface area (Å²) in [5.74, 6) is -2.94. The van der Waals surface area contributed by atoms with Crippen LogP contribution in [0.2, 0.25) is 0 Å². The van der Waals surface area contributed by atoms with E-state index in [0.29, 0.717) is 144 Å². The van der Waals surface area contributed by atoms with Crippen molar-refractivity contribution in [1.82, 2.24) is 26.6 Å². The number of carboxylic acid groups (broad SMARTS) is 1. The van der Waals surface area contributed by atoms with Crippen LogP contribution < -0.4 is 26.6 Å². The lowest BCUT2D eigenvalue weighted by Gasteiger charge is -2.14. The van der Waals surface area contributed by atoms with E-state index in [1.807, 2.05) is 0 Å². The monoisotopic (exact) mass is 1090 g/mol. The molecule has 0 aliphatic heterocycles. The molecule has 1 atom stereocenters. The van der Waals surface area contributed by atoms with Gasteiger partial charge in [0.15, 0.2) is 5.78 Å². The van der Waals surface area contributed by atoms with Crippen molar-refractivity contribution >= 4 is 57.1 Å². The van der Waals surface area contributed by atoms with E-state index in [2.05, 4.69) is 26.6 Å². The third-order valence-corrected chi connectivity index (χ3v) is 12.1. The maximum absolute atomic E-state index is 12.4. The number of ether oxygens (including phenoxy) is 6. The Morgan fingerprint density at radius 1 is 0.413 bits per heavy atom. The summed E-state index contributed by atoms with van der Waals surface area (Å²) in [6.45, 7) is 7.96. The van der Waals surface area contributed by atoms with E-state index in [-0.39, 0.29) is 91.7 Å². The molecule has 0 spiro atoms. The second-order valence-electron chi connectivity index (χ2n) is 18.2. The van der Waals surface area contributed by atoms with Crippen molar-refractivity contribution in [1.29, 1.82) is 5.41 Å². The molecular weight excluding hydrogens is 1000 g/mol. The summed E-state index contributed by atoms with van der Waals surface area (Å²) in [5.41, 5.74) is -0.0475. The minimum Gasteiger partial charge on any atom is -0.480 e. The molecule has 0 fully saturated rings. The lowest BCUT2D eigenvalue weighted by atomic mass is 10.0. The fourth-order valence-electron chi connectivity index (χ4n) is 7.00. The van der Waals surface area contributed by atoms with Gasteiger partial charge in [0.05, 0.1) is 64.3 Å². The van der Waals surface area contributed by atoms with Crippen LogP contribution in [0.25, 0.3) is 0 Å². The van der Waals surface area contributed by atoms with Gasteiger partial charge in [-0.3, -0.25) is 33.3 Å². The van der Waals surface area contributed by atoms with E-state index in [4.69, 9.17) is 38.4 Å². The number of carbonyl (C=O) groups is 7. The molecule has 0 bridgehead atoms. The van der Waals surface area contributed by atoms with Crippen molar-refractivity contribution in [3.8, 4) is 0 Å². The summed E-state index contributed by atoms with van der Waals surface area (Å²) >= 11 is 0. The quantitative estimate of drug-likeness (QED) is 0.0243. The van der Waals surface area contributed by atoms with Gasteiger partial charge < -0.3 is 65.5 Å². The van der Waals surface area contributed by atoms with E-state index < -0.39 is 22.1 Å². The zero-order valence-corrected chi connectivity index (χ0v) is 45.8. The average molecular weight is 1100 g/mol. The van der Waals surface area contributed by atoms with Crippen molar-refractivity contribution in [3.05, 3.63) is 0 Å². The summed E-state index contributed by atoms with van der Waals surface area (Å²) in [6, 6.07) is -1.13. The first-order valence-electron chi connectivity index (χ1n) is 27.2. The van der Waals surface area contributed by atoms with Gasteiger partial charge in [-0.05, 0) is 51.9 Å². The lowest BCUT2D eigenvalue weighted by molar-refractivity contribution is -0.142. The van der Waals surface area contributed by atoms with Gasteiger partial charge in [0.25, 0.3) is 10.1 Å². The molecule has 0 saturated heterocycles. The van der Waals surface area contributed by atoms with E-state index in [9.17, 15) is 47.1 Å². The first-order valence-corrected chi connectivity index (χ1v) is 28.8. The number of amides is 5. The van der Waals surface area contributed by atoms with Crippen LogP contribution in [0.5, 0.6) is 0 Å². The maximum Gasteiger partial charge on any atom is 0.326 e. The van der Waals surface area contributed by atoms with E-state index in [1.165, 1.54) is 6.92 Å². The highest BCUT2D eigenvalue weighted by Crippen LogP contribution is 2.13. The number of rotatable bonds is 56. The molecule has 23 nitrogen and oxygen atoms in total. The van der Waals surface area contributed by atoms with Gasteiger partial charge in [0.2, 0.25) is 29.5 Å². The van der Waals surface area contributed by atoms with Crippen LogP contribution in [-0.2, 0) is 72.1 Å². The van der Waals surface area contributed by atoms with Crippen LogP contribution in [0.4, 0.5) is 0 Å². The van der Waals surface area contributed by atoms with Gasteiger partial charge in [-0.25, -0.2) is 4.79 Å². The highest BCUT2D eigenvalue weighted by molar-refractivity contribution is 7.85. The van der Waals surface area contributed by atoms with Gasteiger partial charge in [0, 0.05) is 91.1 Å². The number of Topliss-reactive ketones (excluding diaryl/α,β-unsaturated/α-hetero) is 1. The van der Waals surface area contributed by atoms with Crippen molar-refractivity contribution in [2.45, 2.75) is 167 Å². The summed E-state index contributed by atoms with van der Waals surface area (Å²) < 4.78 is 63.1. The van der Waals surface area contributed by atoms with Gasteiger partial charge in [0.1, 0.15) is 6.04 Å². The highest BCUT2D eigenvalue weighted by atomic mass is 32.2. The van der Waals surface area contributed by atoms with Crippen molar-refractivity contribution < 1.29 is 80.1 Å². The lowest BCUT2D eigenvalue weighted by Crippen LogP contribution is -2.41. The molecule has 5 amide bonds. The Labute approximate surface area is 446 Å². The molecule has 0 aromatic rings. The molecule has 0 aromatic carbocycles. The third kappa shape index (κ3) is 53.0. The van der Waals surface area contributed by atoms with Crippen LogP contribution in [0, 0.1) is 5.41 Å². The molecule has 0 aliphatic rings. The molecule has 0 radical (unpaired) electrons. The molecule has 0 heterocycles. The number of nitrogens with one attached hydrogen (secondary N) is 6. The summed E-state index contributed by atoms with van der Waals surface area (Å²) in [5, 5.41) is 30.3. The Bertz CT molecular complexity index is 1660. The zero-order chi connectivity index (χ0) is 55.5. The van der Waals surface area contributed by atoms with Crippen LogP contribution in [0.1, 0.15) is 161 Å². The number of ketones is 1. The van der Waals surface area contributed by atoms with Gasteiger partial charge >= 0.3 is 5.97 Å². The Hall–Kier alpha value is -4.17. The number of aliphatic carboxylic acids is 1. The Morgan fingerprint density at radius 2 is 0.720 bits per heavy atom. The summed E-state index contributed by atoms with van der Waals surface area (Å²) in [4.78, 5) is 83.5. The topological polar surface area (TPSA) is 333 Å². The smallest absolute Gasteiger partial charge is 0.326 e. The fraction of sp³-hybridized carbons (Fsp3) is 0.843. The number of carboxylic acids is 1. The second kappa shape index (κ2) is 50.6. The largest absolute Gasteiger partial charge is 0.480 e. The van der Waals surface area contributed by atoms with Crippen molar-refractivity contribution in [3.63, 3.8) is 0 Å². The van der Waals surface area contributed by atoms with Crippen molar-refractivity contribution in [2.24, 2.45) is 0 Å². The van der Waals surface area contributed by atoms with Gasteiger partial charge in [-0.15, -0.1) is 0 Å². The Kier molecular flexibility index (Phi) is 47.8. The molecule has 0 aliphatic carbocycles. The third-order valence-electron chi connectivity index (χ3n) is 11.3. The average Bonchev–Trinajstić information content (AvgIpc) is 3.36. The van der Waals surface area contributed by atoms with Gasteiger partial charge in [-0.2, -0.15) is 8.42 Å². The molecule has 1 unspecified atom stereocenters. The van der Waals surface area contributed by atoms with Crippen molar-refractivity contribution in [2.75, 3.05) is 111 Å². The number of unbranched alkanes of at least 4 members (excludes halogenated alkanes) is 12. The molecule has 24 heteroatoms. The molecule has 75 heavy (non-hydrogen) atoms. The Balaban J connectivity index is 3.55.